The van der Waals surface area contributed by atoms with Crippen LogP contribution in [0.5, 0.6) is 0 Å². The van der Waals surface area contributed by atoms with Crippen molar-refractivity contribution in [3.05, 3.63) is 23.9 Å². The number of carbonyl (C=O) groups is 1. The van der Waals surface area contributed by atoms with Crippen molar-refractivity contribution < 1.29 is 4.79 Å². The minimum Gasteiger partial charge on any atom is -0.302 e. The van der Waals surface area contributed by atoms with Crippen molar-refractivity contribution in [1.29, 1.82) is 0 Å². The van der Waals surface area contributed by atoms with E-state index in [1.165, 1.54) is 0 Å². The van der Waals surface area contributed by atoms with Crippen LogP contribution in [0.3, 0.4) is 0 Å². The Morgan fingerprint density at radius 1 is 1.55 bits per heavy atom. The van der Waals surface area contributed by atoms with Crippen molar-refractivity contribution >= 4 is 18.3 Å². The third kappa shape index (κ3) is 0.852. The maximum Gasteiger partial charge on any atom is 0.156 e. The predicted octanol–water partition coefficient (Wildman–Crippen LogP) is 0.738. The van der Waals surface area contributed by atoms with E-state index in [2.05, 4.69) is 9.98 Å². The second-order valence-corrected chi connectivity index (χ2v) is 2.36. The highest BCUT2D eigenvalue weighted by Gasteiger charge is 2.20. The Hall–Kier alpha value is -1.51. The molecule has 0 bridgehead atoms. The molecule has 0 radical (unpaired) electrons. The number of amidine groups is 1. The number of nitrogens with zero attached hydrogens (tertiary/aromatic N) is 2. The van der Waals surface area contributed by atoms with Crippen LogP contribution in [0, 0.1) is 5.92 Å². The first-order valence-corrected chi connectivity index (χ1v) is 3.36. The summed E-state index contributed by atoms with van der Waals surface area (Å²) in [5.41, 5.74) is 0.905. The van der Waals surface area contributed by atoms with Crippen molar-refractivity contribution in [3.63, 3.8) is 0 Å². The Balaban J connectivity index is 2.41. The molecular weight excluding hydrogens is 140 g/mol. The third-order valence-corrected chi connectivity index (χ3v) is 1.71. The molecule has 11 heavy (non-hydrogen) atoms. The van der Waals surface area contributed by atoms with Gasteiger partial charge in [-0.2, -0.15) is 0 Å². The zero-order valence-corrected chi connectivity index (χ0v) is 5.77. The second-order valence-electron chi connectivity index (χ2n) is 2.36. The fourth-order valence-corrected chi connectivity index (χ4v) is 1.13. The lowest BCUT2D eigenvalue weighted by molar-refractivity contribution is -0.109. The second kappa shape index (κ2) is 2.27. The van der Waals surface area contributed by atoms with E-state index in [9.17, 15) is 4.79 Å². The molecule has 0 aromatic rings. The number of fused-ring (bicyclic) bond motifs is 1. The van der Waals surface area contributed by atoms with Crippen molar-refractivity contribution in [2.24, 2.45) is 15.9 Å². The Morgan fingerprint density at radius 2 is 2.45 bits per heavy atom. The molecule has 54 valence electrons. The number of allylic oxidation sites excluding steroid dienone is 2. The van der Waals surface area contributed by atoms with E-state index in [4.69, 9.17) is 0 Å². The van der Waals surface area contributed by atoms with Gasteiger partial charge in [-0.3, -0.25) is 0 Å². The van der Waals surface area contributed by atoms with Gasteiger partial charge in [0.15, 0.2) is 5.84 Å². The van der Waals surface area contributed by atoms with Gasteiger partial charge < -0.3 is 4.79 Å². The van der Waals surface area contributed by atoms with Gasteiger partial charge in [0, 0.05) is 18.0 Å². The molecule has 0 spiro atoms. The van der Waals surface area contributed by atoms with Crippen molar-refractivity contribution in [3.8, 4) is 0 Å². The topological polar surface area (TPSA) is 41.8 Å². The quantitative estimate of drug-likeness (QED) is 0.503. The van der Waals surface area contributed by atoms with E-state index in [1.807, 2.05) is 6.08 Å². The molecule has 3 nitrogen and oxygen atoms in total. The van der Waals surface area contributed by atoms with Crippen LogP contribution >= 0.6 is 0 Å². The largest absolute Gasteiger partial charge is 0.302 e. The van der Waals surface area contributed by atoms with Crippen molar-refractivity contribution in [1.82, 2.24) is 0 Å². The molecule has 1 atom stereocenters. The highest BCUT2D eigenvalue weighted by Crippen LogP contribution is 2.20. The van der Waals surface area contributed by atoms with E-state index < -0.39 is 0 Å². The smallest absolute Gasteiger partial charge is 0.156 e. The van der Waals surface area contributed by atoms with Crippen LogP contribution in [0.4, 0.5) is 0 Å². The first-order valence-electron chi connectivity index (χ1n) is 3.36. The summed E-state index contributed by atoms with van der Waals surface area (Å²) >= 11 is 0. The van der Waals surface area contributed by atoms with Crippen LogP contribution in [0.1, 0.15) is 0 Å². The number of aliphatic imine (C=N–C) groups is 2. The SMILES string of the molecule is O=C[C@@H]1C=CN=C2N=CC=C21. The molecule has 0 aliphatic carbocycles. The monoisotopic (exact) mass is 146 g/mol. The van der Waals surface area contributed by atoms with Gasteiger partial charge in [-0.25, -0.2) is 9.98 Å². The summed E-state index contributed by atoms with van der Waals surface area (Å²) in [7, 11) is 0. The number of hydrogen-bond donors (Lipinski definition) is 0. The van der Waals surface area contributed by atoms with Gasteiger partial charge in [0.25, 0.3) is 0 Å². The Bertz CT molecular complexity index is 310. The zero-order chi connectivity index (χ0) is 7.68. The van der Waals surface area contributed by atoms with Crippen LogP contribution in [-0.4, -0.2) is 18.3 Å². The predicted molar refractivity (Wildman–Crippen MR) is 42.7 cm³/mol. The van der Waals surface area contributed by atoms with E-state index in [0.717, 1.165) is 11.9 Å². The number of aldehydes is 1. The van der Waals surface area contributed by atoms with Gasteiger partial charge in [0.05, 0.1) is 5.92 Å². The Kier molecular flexibility index (Phi) is 1.28. The van der Waals surface area contributed by atoms with Crippen molar-refractivity contribution in [2.45, 2.75) is 0 Å². The highest BCUT2D eigenvalue weighted by atomic mass is 16.1. The summed E-state index contributed by atoms with van der Waals surface area (Å²) in [4.78, 5) is 18.5. The van der Waals surface area contributed by atoms with Crippen LogP contribution in [0.25, 0.3) is 0 Å². The summed E-state index contributed by atoms with van der Waals surface area (Å²) in [5, 5.41) is 0. The number of rotatable bonds is 1. The van der Waals surface area contributed by atoms with Gasteiger partial charge in [0.2, 0.25) is 0 Å². The van der Waals surface area contributed by atoms with Gasteiger partial charge in [-0.15, -0.1) is 0 Å². The maximum atomic E-state index is 10.5. The van der Waals surface area contributed by atoms with E-state index >= 15 is 0 Å². The molecule has 0 fully saturated rings. The average Bonchev–Trinajstić information content (AvgIpc) is 2.50. The molecule has 0 aromatic carbocycles. The molecular formula is C8H6N2O. The fraction of sp³-hybridized carbons (Fsp3) is 0.125. The number of carbonyl (C=O) groups excluding carboxylic acids is 1. The molecule has 0 unspecified atom stereocenters. The normalized spacial score (nSPS) is 26.0. The molecule has 0 amide bonds. The lowest BCUT2D eigenvalue weighted by Crippen LogP contribution is -2.11. The van der Waals surface area contributed by atoms with Crippen LogP contribution < -0.4 is 0 Å². The minimum absolute atomic E-state index is 0.148. The van der Waals surface area contributed by atoms with Gasteiger partial charge in [-0.1, -0.05) is 6.08 Å². The average molecular weight is 146 g/mol. The standard InChI is InChI=1S/C8H6N2O/c11-5-6-1-3-9-8-7(6)2-4-10-8/h1-6H/t6-/m0/s1. The van der Waals surface area contributed by atoms with Crippen LogP contribution in [0.15, 0.2) is 33.9 Å². The van der Waals surface area contributed by atoms with Gasteiger partial charge in [-0.05, 0) is 6.08 Å². The first-order chi connectivity index (χ1) is 5.42. The van der Waals surface area contributed by atoms with E-state index in [1.54, 1.807) is 18.5 Å². The van der Waals surface area contributed by atoms with Crippen LogP contribution in [0.2, 0.25) is 0 Å². The summed E-state index contributed by atoms with van der Waals surface area (Å²) in [6.07, 6.45) is 7.76. The molecule has 2 aliphatic heterocycles. The Morgan fingerprint density at radius 3 is 3.27 bits per heavy atom. The summed E-state index contributed by atoms with van der Waals surface area (Å²) < 4.78 is 0. The fourth-order valence-electron chi connectivity index (χ4n) is 1.13. The molecule has 0 N–H and O–H groups in total. The van der Waals surface area contributed by atoms with E-state index in [-0.39, 0.29) is 5.92 Å². The molecule has 2 aliphatic rings. The first kappa shape index (κ1) is 6.22. The molecule has 0 saturated heterocycles. The van der Waals surface area contributed by atoms with Crippen LogP contribution in [-0.2, 0) is 4.79 Å². The summed E-state index contributed by atoms with van der Waals surface area (Å²) in [5.74, 6) is 0.523. The minimum atomic E-state index is -0.148. The van der Waals surface area contributed by atoms with Gasteiger partial charge in [0.1, 0.15) is 6.29 Å². The van der Waals surface area contributed by atoms with Gasteiger partial charge >= 0.3 is 0 Å². The summed E-state index contributed by atoms with van der Waals surface area (Å²) in [6, 6.07) is 0. The molecule has 0 saturated carbocycles. The maximum absolute atomic E-state index is 10.5. The molecule has 2 heterocycles. The summed E-state index contributed by atoms with van der Waals surface area (Å²) in [6.45, 7) is 0. The van der Waals surface area contributed by atoms with E-state index in [0.29, 0.717) is 5.84 Å². The zero-order valence-electron chi connectivity index (χ0n) is 5.77. The Labute approximate surface area is 63.9 Å². The molecule has 0 aromatic heterocycles. The highest BCUT2D eigenvalue weighted by molar-refractivity contribution is 6.13. The van der Waals surface area contributed by atoms with Crippen molar-refractivity contribution in [2.75, 3.05) is 0 Å². The molecule has 2 rings (SSSR count). The molecule has 3 heteroatoms. The lowest BCUT2D eigenvalue weighted by atomic mass is 9.99. The third-order valence-electron chi connectivity index (χ3n) is 1.71. The lowest BCUT2D eigenvalue weighted by Gasteiger charge is -2.09. The number of hydrogen-bond acceptors (Lipinski definition) is 3.